The van der Waals surface area contributed by atoms with Crippen LogP contribution in [0.2, 0.25) is 0 Å². The molecule has 2 aromatic carbocycles. The van der Waals surface area contributed by atoms with Crippen LogP contribution < -0.4 is 14.8 Å². The van der Waals surface area contributed by atoms with E-state index >= 15 is 0 Å². The molecule has 0 aliphatic carbocycles. The number of aromatic nitrogens is 2. The standard InChI is InChI=1S/C24H27N3O3/c1-24(2,3)18-7-11-20(12-8-18)29-17-4-6-22(28)27-19-9-13-21(14-10-19)30-23-25-15-5-16-26-23/h5,7-16H,4,6,17H2,1-3H3,(H,27,28). The Kier molecular flexibility index (Phi) is 7.01. The van der Waals surface area contributed by atoms with E-state index in [0.29, 0.717) is 30.9 Å². The quantitative estimate of drug-likeness (QED) is 0.511. The average Bonchev–Trinajstić information content (AvgIpc) is 2.73. The van der Waals surface area contributed by atoms with Crippen molar-refractivity contribution < 1.29 is 14.3 Å². The van der Waals surface area contributed by atoms with Crippen LogP contribution in [-0.2, 0) is 10.2 Å². The van der Waals surface area contributed by atoms with E-state index in [4.69, 9.17) is 9.47 Å². The minimum Gasteiger partial charge on any atom is -0.494 e. The number of anilines is 1. The Labute approximate surface area is 177 Å². The summed E-state index contributed by atoms with van der Waals surface area (Å²) in [5, 5.41) is 2.87. The van der Waals surface area contributed by atoms with Gasteiger partial charge in [-0.3, -0.25) is 4.79 Å². The highest BCUT2D eigenvalue weighted by Crippen LogP contribution is 2.24. The van der Waals surface area contributed by atoms with Crippen molar-refractivity contribution in [1.82, 2.24) is 9.97 Å². The van der Waals surface area contributed by atoms with E-state index in [2.05, 4.69) is 48.2 Å². The van der Waals surface area contributed by atoms with Crippen molar-refractivity contribution in [2.45, 2.75) is 39.0 Å². The van der Waals surface area contributed by atoms with Crippen molar-refractivity contribution in [2.75, 3.05) is 11.9 Å². The van der Waals surface area contributed by atoms with E-state index < -0.39 is 0 Å². The first kappa shape index (κ1) is 21.3. The molecule has 0 saturated carbocycles. The molecule has 0 saturated heterocycles. The monoisotopic (exact) mass is 405 g/mol. The van der Waals surface area contributed by atoms with Crippen LogP contribution in [0, 0.1) is 0 Å². The van der Waals surface area contributed by atoms with E-state index in [1.54, 1.807) is 42.7 Å². The number of carbonyl (C=O) groups is 1. The molecule has 1 N–H and O–H groups in total. The summed E-state index contributed by atoms with van der Waals surface area (Å²) in [5.41, 5.74) is 2.10. The number of benzene rings is 2. The highest BCUT2D eigenvalue weighted by Gasteiger charge is 2.13. The molecular weight excluding hydrogens is 378 g/mol. The predicted molar refractivity (Wildman–Crippen MR) is 117 cm³/mol. The van der Waals surface area contributed by atoms with Gasteiger partial charge in [-0.15, -0.1) is 0 Å². The highest BCUT2D eigenvalue weighted by molar-refractivity contribution is 5.90. The largest absolute Gasteiger partial charge is 0.494 e. The van der Waals surface area contributed by atoms with E-state index in [9.17, 15) is 4.79 Å². The zero-order valence-corrected chi connectivity index (χ0v) is 17.6. The predicted octanol–water partition coefficient (Wildman–Crippen LogP) is 5.36. The van der Waals surface area contributed by atoms with E-state index in [-0.39, 0.29) is 17.3 Å². The molecule has 0 radical (unpaired) electrons. The third-order valence-electron chi connectivity index (χ3n) is 4.43. The summed E-state index contributed by atoms with van der Waals surface area (Å²) >= 11 is 0. The van der Waals surface area contributed by atoms with Crippen molar-refractivity contribution in [2.24, 2.45) is 0 Å². The average molecular weight is 405 g/mol. The summed E-state index contributed by atoms with van der Waals surface area (Å²) in [6.45, 7) is 7.03. The van der Waals surface area contributed by atoms with Gasteiger partial charge in [-0.1, -0.05) is 32.9 Å². The van der Waals surface area contributed by atoms with Crippen LogP contribution in [0.3, 0.4) is 0 Å². The van der Waals surface area contributed by atoms with E-state index in [1.165, 1.54) is 5.56 Å². The minimum atomic E-state index is -0.0539. The summed E-state index contributed by atoms with van der Waals surface area (Å²) in [6.07, 6.45) is 4.25. The van der Waals surface area contributed by atoms with Gasteiger partial charge in [0, 0.05) is 24.5 Å². The summed E-state index contributed by atoms with van der Waals surface area (Å²) in [7, 11) is 0. The fraction of sp³-hybridized carbons (Fsp3) is 0.292. The molecule has 0 spiro atoms. The molecular formula is C24H27N3O3. The maximum Gasteiger partial charge on any atom is 0.321 e. The Balaban J connectivity index is 1.38. The molecule has 0 aliphatic heterocycles. The van der Waals surface area contributed by atoms with Gasteiger partial charge in [0.15, 0.2) is 0 Å². The van der Waals surface area contributed by atoms with Crippen molar-refractivity contribution in [3.05, 3.63) is 72.6 Å². The minimum absolute atomic E-state index is 0.0539. The fourth-order valence-electron chi connectivity index (χ4n) is 2.75. The molecule has 0 aliphatic rings. The number of ether oxygens (including phenoxy) is 2. The Morgan fingerprint density at radius 1 is 0.933 bits per heavy atom. The Morgan fingerprint density at radius 3 is 2.20 bits per heavy atom. The van der Waals surface area contributed by atoms with Gasteiger partial charge in [0.25, 0.3) is 0 Å². The number of amides is 1. The lowest BCUT2D eigenvalue weighted by Gasteiger charge is -2.19. The molecule has 3 rings (SSSR count). The summed E-state index contributed by atoms with van der Waals surface area (Å²) in [4.78, 5) is 20.2. The molecule has 30 heavy (non-hydrogen) atoms. The van der Waals surface area contributed by atoms with Gasteiger partial charge < -0.3 is 14.8 Å². The highest BCUT2D eigenvalue weighted by atomic mass is 16.5. The molecule has 1 heterocycles. The zero-order valence-electron chi connectivity index (χ0n) is 17.6. The summed E-state index contributed by atoms with van der Waals surface area (Å²) in [6, 6.07) is 17.2. The maximum absolute atomic E-state index is 12.1. The fourth-order valence-corrected chi connectivity index (χ4v) is 2.75. The van der Waals surface area contributed by atoms with Gasteiger partial charge in [0.05, 0.1) is 6.61 Å². The van der Waals surface area contributed by atoms with Crippen molar-refractivity contribution >= 4 is 11.6 Å². The number of carbonyl (C=O) groups excluding carboxylic acids is 1. The first-order chi connectivity index (χ1) is 14.4. The first-order valence-corrected chi connectivity index (χ1v) is 9.98. The van der Waals surface area contributed by atoms with Crippen LogP contribution in [0.15, 0.2) is 67.0 Å². The van der Waals surface area contributed by atoms with Crippen LogP contribution in [0.25, 0.3) is 0 Å². The molecule has 1 aromatic heterocycles. The number of nitrogens with zero attached hydrogens (tertiary/aromatic N) is 2. The second kappa shape index (κ2) is 9.87. The van der Waals surface area contributed by atoms with Gasteiger partial charge in [-0.05, 0) is 59.9 Å². The Morgan fingerprint density at radius 2 is 1.57 bits per heavy atom. The third kappa shape index (κ3) is 6.58. The number of hydrogen-bond acceptors (Lipinski definition) is 5. The van der Waals surface area contributed by atoms with Crippen molar-refractivity contribution in [3.8, 4) is 17.5 Å². The molecule has 3 aromatic rings. The van der Waals surface area contributed by atoms with Gasteiger partial charge in [-0.25, -0.2) is 9.97 Å². The number of rotatable bonds is 8. The van der Waals surface area contributed by atoms with Crippen LogP contribution in [-0.4, -0.2) is 22.5 Å². The first-order valence-electron chi connectivity index (χ1n) is 9.98. The van der Waals surface area contributed by atoms with Crippen LogP contribution in [0.5, 0.6) is 17.5 Å². The zero-order chi connectivity index (χ0) is 21.4. The molecule has 156 valence electrons. The van der Waals surface area contributed by atoms with Crippen LogP contribution in [0.1, 0.15) is 39.2 Å². The molecule has 0 fully saturated rings. The molecule has 6 heteroatoms. The normalized spacial score (nSPS) is 11.0. The molecule has 0 unspecified atom stereocenters. The van der Waals surface area contributed by atoms with Gasteiger partial charge in [0.2, 0.25) is 5.91 Å². The smallest absolute Gasteiger partial charge is 0.321 e. The topological polar surface area (TPSA) is 73.3 Å². The molecule has 1 amide bonds. The second-order valence-corrected chi connectivity index (χ2v) is 7.93. The Hall–Kier alpha value is -3.41. The molecule has 0 bridgehead atoms. The summed E-state index contributed by atoms with van der Waals surface area (Å²) < 4.78 is 11.3. The maximum atomic E-state index is 12.1. The lowest BCUT2D eigenvalue weighted by molar-refractivity contribution is -0.116. The van der Waals surface area contributed by atoms with Gasteiger partial charge >= 0.3 is 6.01 Å². The number of nitrogens with one attached hydrogen (secondary N) is 1. The number of hydrogen-bond donors (Lipinski definition) is 1. The van der Waals surface area contributed by atoms with Crippen molar-refractivity contribution in [1.29, 1.82) is 0 Å². The molecule has 6 nitrogen and oxygen atoms in total. The van der Waals surface area contributed by atoms with Gasteiger partial charge in [-0.2, -0.15) is 0 Å². The molecule has 0 atom stereocenters. The Bertz CT molecular complexity index is 934. The second-order valence-electron chi connectivity index (χ2n) is 7.93. The van der Waals surface area contributed by atoms with Crippen molar-refractivity contribution in [3.63, 3.8) is 0 Å². The third-order valence-corrected chi connectivity index (χ3v) is 4.43. The van der Waals surface area contributed by atoms with Crippen LogP contribution in [0.4, 0.5) is 5.69 Å². The summed E-state index contributed by atoms with van der Waals surface area (Å²) in [5.74, 6) is 1.37. The van der Waals surface area contributed by atoms with E-state index in [0.717, 1.165) is 5.75 Å². The lowest BCUT2D eigenvalue weighted by atomic mass is 9.87. The van der Waals surface area contributed by atoms with E-state index in [1.807, 2.05) is 12.1 Å². The lowest BCUT2D eigenvalue weighted by Crippen LogP contribution is -2.13. The SMILES string of the molecule is CC(C)(C)c1ccc(OCCCC(=O)Nc2ccc(Oc3ncccn3)cc2)cc1. The van der Waals surface area contributed by atoms with Gasteiger partial charge in [0.1, 0.15) is 11.5 Å². The van der Waals surface area contributed by atoms with Crippen LogP contribution >= 0.6 is 0 Å².